The van der Waals surface area contributed by atoms with Gasteiger partial charge in [0, 0.05) is 11.1 Å². The average Bonchev–Trinajstić information content (AvgIpc) is 2.55. The Morgan fingerprint density at radius 3 is 2.69 bits per heavy atom. The number of fused-ring (bicyclic) bond motifs is 3. The van der Waals surface area contributed by atoms with Crippen LogP contribution < -0.4 is 0 Å². The van der Waals surface area contributed by atoms with E-state index in [0.29, 0.717) is 10.9 Å². The van der Waals surface area contributed by atoms with Crippen molar-refractivity contribution in [3.63, 3.8) is 0 Å². The molecular weight excluding hydrogens is 222 g/mol. The standard InChI is InChI=1S/C12H10ClN3/c1-7-8(2)16-10-6-4-3-5-9(10)11(13)15-12(16)14-7/h3-6H,1-2H3. The number of aryl methyl sites for hydroxylation is 2. The van der Waals surface area contributed by atoms with Crippen molar-refractivity contribution in [2.75, 3.05) is 0 Å². The van der Waals surface area contributed by atoms with Gasteiger partial charge in [0.1, 0.15) is 5.15 Å². The third-order valence-corrected chi connectivity index (χ3v) is 3.18. The van der Waals surface area contributed by atoms with Crippen molar-refractivity contribution in [2.45, 2.75) is 13.8 Å². The molecule has 0 aliphatic carbocycles. The second-order valence-electron chi connectivity index (χ2n) is 3.84. The number of halogens is 1. The molecule has 0 N–H and O–H groups in total. The van der Waals surface area contributed by atoms with Gasteiger partial charge in [0.15, 0.2) is 0 Å². The topological polar surface area (TPSA) is 30.2 Å². The lowest BCUT2D eigenvalue weighted by Gasteiger charge is -2.04. The first kappa shape index (κ1) is 9.60. The lowest BCUT2D eigenvalue weighted by molar-refractivity contribution is 1.11. The molecule has 0 fully saturated rings. The fraction of sp³-hybridized carbons (Fsp3) is 0.167. The van der Waals surface area contributed by atoms with E-state index in [2.05, 4.69) is 9.97 Å². The van der Waals surface area contributed by atoms with Crippen LogP contribution in [0.1, 0.15) is 11.4 Å². The van der Waals surface area contributed by atoms with Gasteiger partial charge in [-0.15, -0.1) is 0 Å². The Morgan fingerprint density at radius 2 is 1.88 bits per heavy atom. The summed E-state index contributed by atoms with van der Waals surface area (Å²) in [5.74, 6) is 0.665. The van der Waals surface area contributed by atoms with E-state index < -0.39 is 0 Å². The first-order chi connectivity index (χ1) is 7.68. The van der Waals surface area contributed by atoms with Crippen LogP contribution in [0, 0.1) is 13.8 Å². The molecule has 0 spiro atoms. The highest BCUT2D eigenvalue weighted by molar-refractivity contribution is 6.34. The van der Waals surface area contributed by atoms with Gasteiger partial charge in [-0.2, -0.15) is 4.98 Å². The van der Waals surface area contributed by atoms with Gasteiger partial charge in [0.25, 0.3) is 0 Å². The number of rotatable bonds is 0. The SMILES string of the molecule is Cc1nc2nc(Cl)c3ccccc3n2c1C. The second kappa shape index (κ2) is 3.19. The highest BCUT2D eigenvalue weighted by Gasteiger charge is 2.11. The second-order valence-corrected chi connectivity index (χ2v) is 4.20. The van der Waals surface area contributed by atoms with Crippen molar-refractivity contribution in [3.8, 4) is 0 Å². The molecule has 3 nitrogen and oxygen atoms in total. The summed E-state index contributed by atoms with van der Waals surface area (Å²) in [5.41, 5.74) is 3.14. The number of aromatic nitrogens is 3. The van der Waals surface area contributed by atoms with Gasteiger partial charge < -0.3 is 0 Å². The molecule has 0 aliphatic heterocycles. The Kier molecular flexibility index (Phi) is 1.91. The molecule has 16 heavy (non-hydrogen) atoms. The molecule has 3 aromatic rings. The Bertz CT molecular complexity index is 700. The third kappa shape index (κ3) is 1.15. The fourth-order valence-corrected chi connectivity index (χ4v) is 2.18. The number of nitrogens with zero attached hydrogens (tertiary/aromatic N) is 3. The average molecular weight is 232 g/mol. The maximum Gasteiger partial charge on any atom is 0.236 e. The molecule has 0 amide bonds. The summed E-state index contributed by atoms with van der Waals surface area (Å²) in [4.78, 5) is 8.69. The van der Waals surface area contributed by atoms with Gasteiger partial charge in [-0.25, -0.2) is 4.98 Å². The van der Waals surface area contributed by atoms with Crippen LogP contribution in [0.2, 0.25) is 5.15 Å². The van der Waals surface area contributed by atoms with Crippen molar-refractivity contribution < 1.29 is 0 Å². The molecule has 0 atom stereocenters. The Labute approximate surface area is 97.7 Å². The van der Waals surface area contributed by atoms with Crippen LogP contribution in [0.5, 0.6) is 0 Å². The van der Waals surface area contributed by atoms with Gasteiger partial charge in [0.05, 0.1) is 11.2 Å². The largest absolute Gasteiger partial charge is 0.281 e. The van der Waals surface area contributed by atoms with Crippen LogP contribution >= 0.6 is 11.6 Å². The Hall–Kier alpha value is -1.61. The number of hydrogen-bond acceptors (Lipinski definition) is 2. The van der Waals surface area contributed by atoms with Crippen molar-refractivity contribution in [3.05, 3.63) is 40.8 Å². The normalized spacial score (nSPS) is 11.4. The molecule has 0 saturated carbocycles. The molecule has 2 aromatic heterocycles. The van der Waals surface area contributed by atoms with Crippen LogP contribution in [0.15, 0.2) is 24.3 Å². The summed E-state index contributed by atoms with van der Waals surface area (Å²) in [7, 11) is 0. The molecule has 2 heterocycles. The molecule has 3 rings (SSSR count). The van der Waals surface area contributed by atoms with Crippen molar-refractivity contribution in [1.29, 1.82) is 0 Å². The van der Waals surface area contributed by atoms with Crippen LogP contribution in [-0.2, 0) is 0 Å². The Balaban J connectivity index is 2.66. The minimum atomic E-state index is 0.508. The predicted octanol–water partition coefficient (Wildman–Crippen LogP) is 3.15. The monoisotopic (exact) mass is 231 g/mol. The van der Waals surface area contributed by atoms with Crippen molar-refractivity contribution in [2.24, 2.45) is 0 Å². The molecule has 80 valence electrons. The van der Waals surface area contributed by atoms with E-state index in [4.69, 9.17) is 11.6 Å². The summed E-state index contributed by atoms with van der Waals surface area (Å²) in [5, 5.41) is 1.46. The van der Waals surface area contributed by atoms with E-state index in [-0.39, 0.29) is 0 Å². The van der Waals surface area contributed by atoms with Crippen LogP contribution in [0.3, 0.4) is 0 Å². The minimum Gasteiger partial charge on any atom is -0.281 e. The molecule has 0 bridgehead atoms. The summed E-state index contributed by atoms with van der Waals surface area (Å²) < 4.78 is 2.04. The van der Waals surface area contributed by atoms with E-state index in [1.807, 2.05) is 42.5 Å². The summed E-state index contributed by atoms with van der Waals surface area (Å²) in [6.07, 6.45) is 0. The number of para-hydroxylation sites is 1. The zero-order valence-electron chi connectivity index (χ0n) is 9.03. The molecule has 0 aliphatic rings. The fourth-order valence-electron chi connectivity index (χ4n) is 1.95. The maximum absolute atomic E-state index is 6.13. The molecule has 1 aromatic carbocycles. The van der Waals surface area contributed by atoms with Crippen LogP contribution in [-0.4, -0.2) is 14.4 Å². The van der Waals surface area contributed by atoms with E-state index in [9.17, 15) is 0 Å². The third-order valence-electron chi connectivity index (χ3n) is 2.89. The van der Waals surface area contributed by atoms with E-state index in [0.717, 1.165) is 22.3 Å². The smallest absolute Gasteiger partial charge is 0.236 e. The molecule has 0 saturated heterocycles. The van der Waals surface area contributed by atoms with Gasteiger partial charge in [-0.3, -0.25) is 4.40 Å². The molecule has 0 radical (unpaired) electrons. The minimum absolute atomic E-state index is 0.508. The summed E-state index contributed by atoms with van der Waals surface area (Å²) in [6.45, 7) is 4.02. The lowest BCUT2D eigenvalue weighted by atomic mass is 10.2. The van der Waals surface area contributed by atoms with Gasteiger partial charge in [0.2, 0.25) is 5.78 Å². The van der Waals surface area contributed by atoms with E-state index in [1.165, 1.54) is 0 Å². The van der Waals surface area contributed by atoms with Crippen LogP contribution in [0.25, 0.3) is 16.7 Å². The highest BCUT2D eigenvalue weighted by atomic mass is 35.5. The first-order valence-electron chi connectivity index (χ1n) is 5.08. The maximum atomic E-state index is 6.13. The van der Waals surface area contributed by atoms with Crippen LogP contribution in [0.4, 0.5) is 0 Å². The number of hydrogen-bond donors (Lipinski definition) is 0. The highest BCUT2D eigenvalue weighted by Crippen LogP contribution is 2.24. The number of benzene rings is 1. The summed E-state index contributed by atoms with van der Waals surface area (Å²) in [6, 6.07) is 7.95. The number of imidazole rings is 1. The van der Waals surface area contributed by atoms with E-state index in [1.54, 1.807) is 0 Å². The quantitative estimate of drug-likeness (QED) is 0.557. The zero-order chi connectivity index (χ0) is 11.3. The predicted molar refractivity (Wildman–Crippen MR) is 65.0 cm³/mol. The first-order valence-corrected chi connectivity index (χ1v) is 5.46. The van der Waals surface area contributed by atoms with Gasteiger partial charge in [-0.1, -0.05) is 23.7 Å². The molecule has 4 heteroatoms. The van der Waals surface area contributed by atoms with Gasteiger partial charge >= 0.3 is 0 Å². The van der Waals surface area contributed by atoms with Crippen molar-refractivity contribution >= 4 is 28.3 Å². The summed E-state index contributed by atoms with van der Waals surface area (Å²) >= 11 is 6.13. The molecule has 0 unspecified atom stereocenters. The van der Waals surface area contributed by atoms with E-state index >= 15 is 0 Å². The van der Waals surface area contributed by atoms with Gasteiger partial charge in [-0.05, 0) is 26.0 Å². The lowest BCUT2D eigenvalue weighted by Crippen LogP contribution is -1.94. The van der Waals surface area contributed by atoms with Crippen molar-refractivity contribution in [1.82, 2.24) is 14.4 Å². The zero-order valence-corrected chi connectivity index (χ0v) is 9.78. The molecular formula is C12H10ClN3. The Morgan fingerprint density at radius 1 is 1.12 bits per heavy atom.